The fraction of sp³-hybridized carbons (Fsp3) is 0.500. The number of nitrogens with one attached hydrogen (secondary N) is 2. The Morgan fingerprint density at radius 1 is 1.18 bits per heavy atom. The Morgan fingerprint density at radius 3 is 2.05 bits per heavy atom. The number of hydrogen-bond acceptors (Lipinski definition) is 4. The zero-order chi connectivity index (χ0) is 16.1. The molecule has 0 atom stereocenters. The fourth-order valence-electron chi connectivity index (χ4n) is 2.00. The summed E-state index contributed by atoms with van der Waals surface area (Å²) in [5, 5.41) is 2.48. The van der Waals surface area contributed by atoms with Crippen LogP contribution in [0.5, 0.6) is 0 Å². The first-order chi connectivity index (χ1) is 9.84. The first-order valence-corrected chi connectivity index (χ1v) is 8.38. The molecule has 0 aliphatic carbocycles. The Morgan fingerprint density at radius 2 is 1.68 bits per heavy atom. The number of halogens is 1. The van der Waals surface area contributed by atoms with Crippen LogP contribution in [0.15, 0.2) is 29.2 Å². The summed E-state index contributed by atoms with van der Waals surface area (Å²) < 4.78 is 27.5. The molecule has 1 rings (SSSR count). The molecule has 0 heterocycles. The Hall–Kier alpha value is -1.15. The van der Waals surface area contributed by atoms with E-state index < -0.39 is 15.6 Å². The van der Waals surface area contributed by atoms with Gasteiger partial charge in [-0.1, -0.05) is 13.8 Å². The first-order valence-electron chi connectivity index (χ1n) is 6.90. The van der Waals surface area contributed by atoms with Crippen molar-refractivity contribution in [3.63, 3.8) is 0 Å². The third kappa shape index (κ3) is 4.67. The summed E-state index contributed by atoms with van der Waals surface area (Å²) in [6, 6.07) is 5.80. The minimum atomic E-state index is -3.67. The first kappa shape index (κ1) is 20.9. The van der Waals surface area contributed by atoms with Crippen LogP contribution in [-0.2, 0) is 10.0 Å². The molecule has 4 N–H and O–H groups in total. The van der Waals surface area contributed by atoms with Crippen LogP contribution in [0, 0.1) is 0 Å². The van der Waals surface area contributed by atoms with E-state index in [2.05, 4.69) is 10.0 Å². The number of sulfonamides is 1. The van der Waals surface area contributed by atoms with E-state index in [0.29, 0.717) is 18.4 Å². The summed E-state index contributed by atoms with van der Waals surface area (Å²) in [5.74, 6) is -0.259. The van der Waals surface area contributed by atoms with E-state index in [4.69, 9.17) is 5.73 Å². The van der Waals surface area contributed by atoms with E-state index in [1.807, 2.05) is 13.8 Å². The van der Waals surface area contributed by atoms with Gasteiger partial charge in [-0.2, -0.15) is 0 Å². The molecule has 0 fully saturated rings. The number of amides is 1. The van der Waals surface area contributed by atoms with Gasteiger partial charge in [0.1, 0.15) is 0 Å². The van der Waals surface area contributed by atoms with E-state index >= 15 is 0 Å². The van der Waals surface area contributed by atoms with E-state index in [1.165, 1.54) is 31.3 Å². The number of carbonyl (C=O) groups is 1. The van der Waals surface area contributed by atoms with Gasteiger partial charge < -0.3 is 11.1 Å². The maximum absolute atomic E-state index is 12.4. The molecule has 0 spiro atoms. The Bertz CT molecular complexity index is 576. The smallest absolute Gasteiger partial charge is 0.251 e. The van der Waals surface area contributed by atoms with Gasteiger partial charge in [-0.25, -0.2) is 13.1 Å². The largest absolute Gasteiger partial charge is 0.355 e. The molecule has 0 saturated heterocycles. The highest BCUT2D eigenvalue weighted by Gasteiger charge is 2.30. The van der Waals surface area contributed by atoms with Crippen LogP contribution in [0.2, 0.25) is 0 Å². The molecule has 0 aliphatic rings. The van der Waals surface area contributed by atoms with Crippen LogP contribution in [0.1, 0.15) is 37.0 Å². The quantitative estimate of drug-likeness (QED) is 0.689. The molecule has 0 bridgehead atoms. The maximum atomic E-state index is 12.4. The van der Waals surface area contributed by atoms with Crippen LogP contribution in [0.4, 0.5) is 0 Å². The molecule has 0 saturated carbocycles. The summed E-state index contributed by atoms with van der Waals surface area (Å²) in [4.78, 5) is 11.6. The lowest BCUT2D eigenvalue weighted by atomic mass is 9.95. The number of nitrogens with two attached hydrogens (primary N) is 1. The second-order valence-corrected chi connectivity index (χ2v) is 6.58. The average molecular weight is 350 g/mol. The van der Waals surface area contributed by atoms with Gasteiger partial charge in [0.15, 0.2) is 0 Å². The van der Waals surface area contributed by atoms with E-state index in [0.717, 1.165) is 0 Å². The van der Waals surface area contributed by atoms with Crippen molar-refractivity contribution >= 4 is 28.3 Å². The lowest BCUT2D eigenvalue weighted by molar-refractivity contribution is 0.0963. The second-order valence-electron chi connectivity index (χ2n) is 4.90. The van der Waals surface area contributed by atoms with Crippen molar-refractivity contribution in [2.75, 3.05) is 13.6 Å². The second kappa shape index (κ2) is 8.47. The Labute approximate surface area is 138 Å². The summed E-state index contributed by atoms with van der Waals surface area (Å²) >= 11 is 0. The minimum Gasteiger partial charge on any atom is -0.355 e. The molecule has 1 aromatic carbocycles. The molecular formula is C14H24ClN3O3S. The van der Waals surface area contributed by atoms with Crippen molar-refractivity contribution in [3.8, 4) is 0 Å². The van der Waals surface area contributed by atoms with Crippen molar-refractivity contribution in [3.05, 3.63) is 29.8 Å². The summed E-state index contributed by atoms with van der Waals surface area (Å²) in [5.41, 5.74) is 5.49. The van der Waals surface area contributed by atoms with Gasteiger partial charge in [0, 0.05) is 24.7 Å². The standard InChI is InChI=1S/C14H23N3O3S.ClH/c1-4-14(5-2,10-15)17-21(19,20)12-8-6-11(7-9-12)13(18)16-3;/h6-9,17H,4-5,10,15H2,1-3H3,(H,16,18);1H. The molecule has 0 aliphatic heterocycles. The normalized spacial score (nSPS) is 11.6. The highest BCUT2D eigenvalue weighted by atomic mass is 35.5. The fourth-order valence-corrected chi connectivity index (χ4v) is 3.55. The van der Waals surface area contributed by atoms with E-state index in [1.54, 1.807) is 0 Å². The highest BCUT2D eigenvalue weighted by Crippen LogP contribution is 2.19. The van der Waals surface area contributed by atoms with Gasteiger partial charge >= 0.3 is 0 Å². The van der Waals surface area contributed by atoms with Crippen LogP contribution in [0.25, 0.3) is 0 Å². The zero-order valence-electron chi connectivity index (χ0n) is 13.0. The topological polar surface area (TPSA) is 101 Å². The third-order valence-electron chi connectivity index (χ3n) is 3.75. The van der Waals surface area contributed by atoms with Gasteiger partial charge in [0.25, 0.3) is 5.91 Å². The predicted molar refractivity (Wildman–Crippen MR) is 89.8 cm³/mol. The molecule has 6 nitrogen and oxygen atoms in total. The van der Waals surface area contributed by atoms with Gasteiger partial charge in [-0.15, -0.1) is 12.4 Å². The van der Waals surface area contributed by atoms with Crippen molar-refractivity contribution in [1.29, 1.82) is 0 Å². The summed E-state index contributed by atoms with van der Waals surface area (Å²) in [6.07, 6.45) is 1.21. The van der Waals surface area contributed by atoms with Crippen molar-refractivity contribution < 1.29 is 13.2 Å². The van der Waals surface area contributed by atoms with Crippen molar-refractivity contribution in [2.24, 2.45) is 5.73 Å². The number of rotatable bonds is 7. The van der Waals surface area contributed by atoms with Gasteiger partial charge in [-0.3, -0.25) is 4.79 Å². The van der Waals surface area contributed by atoms with Crippen molar-refractivity contribution in [2.45, 2.75) is 37.1 Å². The number of benzene rings is 1. The summed E-state index contributed by atoms with van der Waals surface area (Å²) in [6.45, 7) is 4.02. The number of carbonyl (C=O) groups excluding carboxylic acids is 1. The Kier molecular flexibility index (Phi) is 8.03. The molecule has 22 heavy (non-hydrogen) atoms. The molecule has 0 radical (unpaired) electrons. The van der Waals surface area contributed by atoms with Crippen LogP contribution < -0.4 is 15.8 Å². The molecule has 0 unspecified atom stereocenters. The van der Waals surface area contributed by atoms with Crippen LogP contribution >= 0.6 is 12.4 Å². The maximum Gasteiger partial charge on any atom is 0.251 e. The van der Waals surface area contributed by atoms with Crippen LogP contribution in [-0.4, -0.2) is 33.5 Å². The number of hydrogen-bond donors (Lipinski definition) is 3. The lowest BCUT2D eigenvalue weighted by Gasteiger charge is -2.31. The van der Waals surface area contributed by atoms with Gasteiger partial charge in [0.05, 0.1) is 4.90 Å². The SMILES string of the molecule is CCC(CC)(CN)NS(=O)(=O)c1ccc(C(=O)NC)cc1.Cl. The Balaban J connectivity index is 0.00000441. The molecular weight excluding hydrogens is 326 g/mol. The monoisotopic (exact) mass is 349 g/mol. The molecule has 8 heteroatoms. The average Bonchev–Trinajstić information content (AvgIpc) is 2.52. The molecule has 126 valence electrons. The van der Waals surface area contributed by atoms with E-state index in [9.17, 15) is 13.2 Å². The van der Waals surface area contributed by atoms with Crippen LogP contribution in [0.3, 0.4) is 0 Å². The van der Waals surface area contributed by atoms with Gasteiger partial charge in [0.2, 0.25) is 10.0 Å². The highest BCUT2D eigenvalue weighted by molar-refractivity contribution is 7.89. The molecule has 0 aromatic heterocycles. The van der Waals surface area contributed by atoms with E-state index in [-0.39, 0.29) is 29.8 Å². The zero-order valence-corrected chi connectivity index (χ0v) is 14.7. The molecule has 1 aromatic rings. The minimum absolute atomic E-state index is 0. The van der Waals surface area contributed by atoms with Crippen molar-refractivity contribution in [1.82, 2.24) is 10.0 Å². The predicted octanol–water partition coefficient (Wildman–Crippen LogP) is 1.26. The van der Waals surface area contributed by atoms with Gasteiger partial charge in [-0.05, 0) is 37.1 Å². The molecule has 1 amide bonds. The summed E-state index contributed by atoms with van der Waals surface area (Å²) in [7, 11) is -2.14. The lowest BCUT2D eigenvalue weighted by Crippen LogP contribution is -2.52. The third-order valence-corrected chi connectivity index (χ3v) is 5.34.